The Bertz CT molecular complexity index is 355. The maximum absolute atomic E-state index is 12.3. The van der Waals surface area contributed by atoms with Crippen LogP contribution >= 0.6 is 0 Å². The Morgan fingerprint density at radius 3 is 2.64 bits per heavy atom. The molecule has 1 rings (SSSR count). The van der Waals surface area contributed by atoms with Gasteiger partial charge in [-0.2, -0.15) is 0 Å². The maximum Gasteiger partial charge on any atom is 0.280 e. The highest BCUT2D eigenvalue weighted by Crippen LogP contribution is 2.22. The molecule has 0 radical (unpaired) electrons. The second-order valence-corrected chi connectivity index (χ2v) is 2.62. The van der Waals surface area contributed by atoms with Crippen LogP contribution in [0.2, 0.25) is 0 Å². The van der Waals surface area contributed by atoms with Gasteiger partial charge in [0, 0.05) is 12.2 Å². The van der Waals surface area contributed by atoms with Gasteiger partial charge in [-0.1, -0.05) is 0 Å². The Morgan fingerprint density at radius 1 is 1.57 bits per heavy atom. The number of hydrogen-bond acceptors (Lipinski definition) is 4. The van der Waals surface area contributed by atoms with Crippen molar-refractivity contribution in [2.45, 2.75) is 13.0 Å². The molecule has 0 bridgehead atoms. The summed E-state index contributed by atoms with van der Waals surface area (Å²) in [4.78, 5) is 14.1. The second kappa shape index (κ2) is 4.10. The summed E-state index contributed by atoms with van der Waals surface area (Å²) in [6.07, 6.45) is -2.26. The fourth-order valence-corrected chi connectivity index (χ4v) is 1.06. The lowest BCUT2D eigenvalue weighted by molar-refractivity contribution is 0.112. The molecule has 0 saturated heterocycles. The highest BCUT2D eigenvalue weighted by Gasteiger charge is 2.14. The molecule has 14 heavy (non-hydrogen) atoms. The van der Waals surface area contributed by atoms with Gasteiger partial charge in [-0.15, -0.1) is 0 Å². The second-order valence-electron chi connectivity index (χ2n) is 2.62. The number of rotatable bonds is 3. The lowest BCUT2D eigenvalue weighted by Crippen LogP contribution is -2.09. The van der Waals surface area contributed by atoms with Crippen molar-refractivity contribution >= 4 is 12.0 Å². The van der Waals surface area contributed by atoms with Gasteiger partial charge in [0.05, 0.1) is 11.3 Å². The Hall–Kier alpha value is -1.56. The molecule has 76 valence electrons. The average Bonchev–Trinajstić information content (AvgIpc) is 2.16. The topological polar surface area (TPSA) is 82.0 Å². The van der Waals surface area contributed by atoms with E-state index in [9.17, 15) is 13.6 Å². The standard InChI is InChI=1S/C8H9F2N3O/c9-8(10)6-1-5(12)4(3-14)7(2-11)13-6/h1,3,8H,2,11H2,(H2,12,13). The molecule has 4 nitrogen and oxygen atoms in total. The van der Waals surface area contributed by atoms with Crippen LogP contribution in [0.15, 0.2) is 6.07 Å². The first kappa shape index (κ1) is 10.5. The fourth-order valence-electron chi connectivity index (χ4n) is 1.06. The van der Waals surface area contributed by atoms with Crippen LogP contribution in [0.25, 0.3) is 0 Å². The first-order chi connectivity index (χ1) is 6.60. The van der Waals surface area contributed by atoms with Crippen LogP contribution in [0, 0.1) is 0 Å². The van der Waals surface area contributed by atoms with E-state index in [2.05, 4.69) is 4.98 Å². The van der Waals surface area contributed by atoms with Gasteiger partial charge >= 0.3 is 0 Å². The molecule has 0 atom stereocenters. The first-order valence-corrected chi connectivity index (χ1v) is 3.82. The number of anilines is 1. The predicted molar refractivity (Wildman–Crippen MR) is 46.9 cm³/mol. The van der Waals surface area contributed by atoms with Crippen molar-refractivity contribution in [1.29, 1.82) is 0 Å². The summed E-state index contributed by atoms with van der Waals surface area (Å²) in [6, 6.07) is 0.980. The lowest BCUT2D eigenvalue weighted by atomic mass is 10.1. The molecule has 0 aliphatic carbocycles. The van der Waals surface area contributed by atoms with Crippen molar-refractivity contribution in [3.63, 3.8) is 0 Å². The summed E-state index contributed by atoms with van der Waals surface area (Å²) >= 11 is 0. The van der Waals surface area contributed by atoms with Gasteiger partial charge in [0.25, 0.3) is 6.43 Å². The molecule has 0 fully saturated rings. The Balaban J connectivity index is 3.31. The number of alkyl halides is 2. The van der Waals surface area contributed by atoms with E-state index < -0.39 is 12.1 Å². The molecule has 6 heteroatoms. The van der Waals surface area contributed by atoms with E-state index in [0.717, 1.165) is 6.07 Å². The van der Waals surface area contributed by atoms with Crippen LogP contribution in [0.3, 0.4) is 0 Å². The number of nitrogens with two attached hydrogens (primary N) is 2. The van der Waals surface area contributed by atoms with Gasteiger partial charge in [0.2, 0.25) is 0 Å². The minimum Gasteiger partial charge on any atom is -0.398 e. The van der Waals surface area contributed by atoms with E-state index in [0.29, 0.717) is 6.29 Å². The largest absolute Gasteiger partial charge is 0.398 e. The Labute approximate surface area is 78.9 Å². The number of aldehydes is 1. The lowest BCUT2D eigenvalue weighted by Gasteiger charge is -2.07. The third-order valence-electron chi connectivity index (χ3n) is 1.72. The van der Waals surface area contributed by atoms with E-state index in [1.165, 1.54) is 0 Å². The summed E-state index contributed by atoms with van der Waals surface area (Å²) in [5.74, 6) is 0. The first-order valence-electron chi connectivity index (χ1n) is 3.82. The number of nitrogen functional groups attached to an aromatic ring is 1. The zero-order valence-electron chi connectivity index (χ0n) is 7.21. The predicted octanol–water partition coefficient (Wildman–Crippen LogP) is 0.873. The molecule has 4 N–H and O–H groups in total. The molecule has 1 heterocycles. The minimum absolute atomic E-state index is 0.0225. The molecule has 0 amide bonds. The van der Waals surface area contributed by atoms with Crippen LogP contribution in [0.4, 0.5) is 14.5 Å². The number of hydrogen-bond donors (Lipinski definition) is 2. The fraction of sp³-hybridized carbons (Fsp3) is 0.250. The van der Waals surface area contributed by atoms with Gasteiger partial charge < -0.3 is 11.5 Å². The van der Waals surface area contributed by atoms with Crippen molar-refractivity contribution < 1.29 is 13.6 Å². The number of halogens is 2. The van der Waals surface area contributed by atoms with Gasteiger partial charge in [0.15, 0.2) is 6.29 Å². The van der Waals surface area contributed by atoms with Crippen LogP contribution < -0.4 is 11.5 Å². The summed E-state index contributed by atoms with van der Waals surface area (Å²) in [7, 11) is 0. The van der Waals surface area contributed by atoms with E-state index in [-0.39, 0.29) is 23.5 Å². The van der Waals surface area contributed by atoms with Crippen molar-refractivity contribution in [2.75, 3.05) is 5.73 Å². The Morgan fingerprint density at radius 2 is 2.21 bits per heavy atom. The van der Waals surface area contributed by atoms with Gasteiger partial charge in [-0.25, -0.2) is 13.8 Å². The van der Waals surface area contributed by atoms with Crippen LogP contribution in [0.5, 0.6) is 0 Å². The van der Waals surface area contributed by atoms with Crippen LogP contribution in [-0.4, -0.2) is 11.3 Å². The molecular weight excluding hydrogens is 192 g/mol. The van der Waals surface area contributed by atoms with E-state index in [4.69, 9.17) is 11.5 Å². The number of pyridine rings is 1. The number of aromatic nitrogens is 1. The average molecular weight is 201 g/mol. The normalized spacial score (nSPS) is 10.6. The minimum atomic E-state index is -2.72. The van der Waals surface area contributed by atoms with Crippen molar-refractivity contribution in [3.05, 3.63) is 23.0 Å². The van der Waals surface area contributed by atoms with E-state index in [1.54, 1.807) is 0 Å². The van der Waals surface area contributed by atoms with E-state index >= 15 is 0 Å². The van der Waals surface area contributed by atoms with Gasteiger partial charge in [-0.3, -0.25) is 4.79 Å². The number of carbonyl (C=O) groups is 1. The zero-order valence-corrected chi connectivity index (χ0v) is 7.21. The summed E-state index contributed by atoms with van der Waals surface area (Å²) in [5, 5.41) is 0. The molecule has 0 saturated carbocycles. The van der Waals surface area contributed by atoms with Gasteiger partial charge in [0.1, 0.15) is 5.69 Å². The number of nitrogens with zero attached hydrogens (tertiary/aromatic N) is 1. The summed E-state index contributed by atoms with van der Waals surface area (Å²) in [5.41, 5.74) is 10.3. The molecule has 0 aliphatic heterocycles. The maximum atomic E-state index is 12.3. The highest BCUT2D eigenvalue weighted by molar-refractivity contribution is 5.84. The third-order valence-corrected chi connectivity index (χ3v) is 1.72. The third kappa shape index (κ3) is 1.85. The molecule has 0 spiro atoms. The Kier molecular flexibility index (Phi) is 3.08. The molecule has 0 unspecified atom stereocenters. The SMILES string of the molecule is NCc1nc(C(F)F)cc(N)c1C=O. The van der Waals surface area contributed by atoms with Crippen LogP contribution in [0.1, 0.15) is 28.2 Å². The summed E-state index contributed by atoms with van der Waals surface area (Å²) < 4.78 is 24.5. The van der Waals surface area contributed by atoms with Crippen molar-refractivity contribution in [3.8, 4) is 0 Å². The monoisotopic (exact) mass is 201 g/mol. The smallest absolute Gasteiger partial charge is 0.280 e. The van der Waals surface area contributed by atoms with Gasteiger partial charge in [-0.05, 0) is 6.07 Å². The van der Waals surface area contributed by atoms with Crippen molar-refractivity contribution in [2.24, 2.45) is 5.73 Å². The van der Waals surface area contributed by atoms with Crippen LogP contribution in [-0.2, 0) is 6.54 Å². The highest BCUT2D eigenvalue weighted by atomic mass is 19.3. The molecular formula is C8H9F2N3O. The molecule has 1 aromatic rings. The molecule has 0 aromatic carbocycles. The zero-order chi connectivity index (χ0) is 10.7. The van der Waals surface area contributed by atoms with Crippen molar-refractivity contribution in [1.82, 2.24) is 4.98 Å². The quantitative estimate of drug-likeness (QED) is 0.711. The van der Waals surface area contributed by atoms with E-state index in [1.807, 2.05) is 0 Å². The summed E-state index contributed by atoms with van der Waals surface area (Å²) in [6.45, 7) is -0.0984. The molecule has 0 aliphatic rings. The number of carbonyl (C=O) groups excluding carboxylic acids is 1. The molecule has 1 aromatic heterocycles.